The average molecular weight is 394 g/mol. The fourth-order valence-electron chi connectivity index (χ4n) is 2.48. The number of rotatable bonds is 4. The van der Waals surface area contributed by atoms with Crippen molar-refractivity contribution in [3.63, 3.8) is 0 Å². The molecule has 0 aliphatic rings. The summed E-state index contributed by atoms with van der Waals surface area (Å²) in [5.74, 6) is 0.613. The van der Waals surface area contributed by atoms with Gasteiger partial charge in [-0.15, -0.1) is 0 Å². The molecule has 2 aromatic carbocycles. The van der Waals surface area contributed by atoms with Crippen LogP contribution in [0.1, 0.15) is 5.56 Å². The van der Waals surface area contributed by atoms with Gasteiger partial charge < -0.3 is 16.0 Å². The molecule has 3 aromatic rings. The van der Waals surface area contributed by atoms with Gasteiger partial charge in [0.2, 0.25) is 0 Å². The highest BCUT2D eigenvalue weighted by Crippen LogP contribution is 2.37. The zero-order chi connectivity index (χ0) is 19.6. The molecule has 0 spiro atoms. The van der Waals surface area contributed by atoms with E-state index >= 15 is 0 Å². The van der Waals surface area contributed by atoms with Crippen molar-refractivity contribution in [2.24, 2.45) is 0 Å². The minimum atomic E-state index is -4.56. The maximum Gasteiger partial charge on any atom is 0.417 e. The second-order valence-corrected chi connectivity index (χ2v) is 6.08. The molecule has 9 heteroatoms. The van der Waals surface area contributed by atoms with E-state index in [-0.39, 0.29) is 22.2 Å². The van der Waals surface area contributed by atoms with Crippen molar-refractivity contribution in [3.8, 4) is 0 Å². The highest BCUT2D eigenvalue weighted by molar-refractivity contribution is 6.31. The van der Waals surface area contributed by atoms with Gasteiger partial charge in [0.05, 0.1) is 10.6 Å². The van der Waals surface area contributed by atoms with Gasteiger partial charge in [0.25, 0.3) is 0 Å². The highest BCUT2D eigenvalue weighted by atomic mass is 35.5. The molecular weight excluding hydrogens is 379 g/mol. The van der Waals surface area contributed by atoms with Crippen molar-refractivity contribution in [1.82, 2.24) is 9.97 Å². The summed E-state index contributed by atoms with van der Waals surface area (Å²) in [6.45, 7) is 0. The number of hydrogen-bond acceptors (Lipinski definition) is 5. The molecular formula is C18H15ClF3N5. The molecule has 0 aliphatic heterocycles. The molecule has 0 aliphatic carbocycles. The van der Waals surface area contributed by atoms with Crippen molar-refractivity contribution >= 4 is 40.3 Å². The largest absolute Gasteiger partial charge is 0.417 e. The van der Waals surface area contributed by atoms with E-state index in [2.05, 4.69) is 15.3 Å². The Balaban J connectivity index is 1.93. The van der Waals surface area contributed by atoms with E-state index in [1.54, 1.807) is 11.9 Å². The van der Waals surface area contributed by atoms with E-state index in [1.165, 1.54) is 18.5 Å². The zero-order valence-electron chi connectivity index (χ0n) is 14.1. The van der Waals surface area contributed by atoms with Crippen LogP contribution in [0.4, 0.5) is 41.9 Å². The Morgan fingerprint density at radius 1 is 1.07 bits per heavy atom. The summed E-state index contributed by atoms with van der Waals surface area (Å²) < 4.78 is 39.1. The van der Waals surface area contributed by atoms with Crippen LogP contribution in [-0.4, -0.2) is 17.0 Å². The second kappa shape index (κ2) is 7.32. The highest BCUT2D eigenvalue weighted by Gasteiger charge is 2.33. The monoisotopic (exact) mass is 393 g/mol. The first kappa shape index (κ1) is 18.8. The van der Waals surface area contributed by atoms with Crippen LogP contribution in [0.15, 0.2) is 54.9 Å². The summed E-state index contributed by atoms with van der Waals surface area (Å²) >= 11 is 5.64. The lowest BCUT2D eigenvalue weighted by Crippen LogP contribution is -2.15. The average Bonchev–Trinajstić information content (AvgIpc) is 2.64. The topological polar surface area (TPSA) is 67.1 Å². The number of halogens is 4. The molecule has 0 fully saturated rings. The quantitative estimate of drug-likeness (QED) is 0.634. The molecule has 0 amide bonds. The SMILES string of the molecule is CN(c1ccccc1)c1ncnc(Nc2ccc(Cl)c(C(F)(F)F)c2)c1N. The second-order valence-electron chi connectivity index (χ2n) is 5.67. The predicted molar refractivity (Wildman–Crippen MR) is 101 cm³/mol. The first-order chi connectivity index (χ1) is 12.8. The molecule has 1 heterocycles. The molecule has 140 valence electrons. The van der Waals surface area contributed by atoms with E-state index in [0.29, 0.717) is 5.82 Å². The first-order valence-corrected chi connectivity index (χ1v) is 8.18. The fraction of sp³-hybridized carbons (Fsp3) is 0.111. The number of para-hydroxylation sites is 1. The van der Waals surface area contributed by atoms with Gasteiger partial charge >= 0.3 is 6.18 Å². The molecule has 0 saturated heterocycles. The van der Waals surface area contributed by atoms with Crippen molar-refractivity contribution in [2.45, 2.75) is 6.18 Å². The van der Waals surface area contributed by atoms with Crippen molar-refractivity contribution in [2.75, 3.05) is 23.0 Å². The normalized spacial score (nSPS) is 11.3. The number of nitrogens with zero attached hydrogens (tertiary/aromatic N) is 3. The van der Waals surface area contributed by atoms with Crippen LogP contribution in [0.5, 0.6) is 0 Å². The van der Waals surface area contributed by atoms with Gasteiger partial charge in [0, 0.05) is 18.4 Å². The van der Waals surface area contributed by atoms with Crippen molar-refractivity contribution in [1.29, 1.82) is 0 Å². The van der Waals surface area contributed by atoms with Gasteiger partial charge in [0.1, 0.15) is 12.0 Å². The van der Waals surface area contributed by atoms with E-state index in [1.807, 2.05) is 30.3 Å². The van der Waals surface area contributed by atoms with Gasteiger partial charge in [-0.3, -0.25) is 0 Å². The Morgan fingerprint density at radius 3 is 2.44 bits per heavy atom. The minimum Gasteiger partial charge on any atom is -0.393 e. The van der Waals surface area contributed by atoms with Crippen LogP contribution in [0.2, 0.25) is 5.02 Å². The van der Waals surface area contributed by atoms with E-state index < -0.39 is 11.7 Å². The van der Waals surface area contributed by atoms with Crippen LogP contribution in [0.3, 0.4) is 0 Å². The summed E-state index contributed by atoms with van der Waals surface area (Å²) in [6, 6.07) is 12.9. The van der Waals surface area contributed by atoms with Crippen molar-refractivity contribution in [3.05, 3.63) is 65.4 Å². The molecule has 0 radical (unpaired) electrons. The molecule has 3 N–H and O–H groups in total. The summed E-state index contributed by atoms with van der Waals surface area (Å²) in [6.07, 6.45) is -3.28. The molecule has 1 aromatic heterocycles. The molecule has 3 rings (SSSR count). The Kier molecular flexibility index (Phi) is 5.09. The van der Waals surface area contributed by atoms with Crippen LogP contribution in [0, 0.1) is 0 Å². The van der Waals surface area contributed by atoms with Gasteiger partial charge in [-0.05, 0) is 30.3 Å². The van der Waals surface area contributed by atoms with Crippen molar-refractivity contribution < 1.29 is 13.2 Å². The minimum absolute atomic E-state index is 0.158. The number of aromatic nitrogens is 2. The Bertz CT molecular complexity index is 947. The Morgan fingerprint density at radius 2 is 1.78 bits per heavy atom. The summed E-state index contributed by atoms with van der Waals surface area (Å²) in [5.41, 5.74) is 6.41. The van der Waals surface area contributed by atoms with Gasteiger partial charge in [-0.25, -0.2) is 9.97 Å². The molecule has 0 unspecified atom stereocenters. The van der Waals surface area contributed by atoms with Gasteiger partial charge in [-0.2, -0.15) is 13.2 Å². The van der Waals surface area contributed by atoms with Crippen LogP contribution >= 0.6 is 11.6 Å². The lowest BCUT2D eigenvalue weighted by atomic mass is 10.2. The fourth-order valence-corrected chi connectivity index (χ4v) is 2.71. The lowest BCUT2D eigenvalue weighted by Gasteiger charge is -2.21. The predicted octanol–water partition coefficient (Wildman–Crippen LogP) is 5.24. The molecule has 5 nitrogen and oxygen atoms in total. The van der Waals surface area contributed by atoms with Crippen LogP contribution < -0.4 is 16.0 Å². The number of nitrogens with one attached hydrogen (secondary N) is 1. The van der Waals surface area contributed by atoms with Crippen LogP contribution in [-0.2, 0) is 6.18 Å². The number of anilines is 5. The maximum atomic E-state index is 13.0. The maximum absolute atomic E-state index is 13.0. The zero-order valence-corrected chi connectivity index (χ0v) is 14.9. The summed E-state index contributed by atoms with van der Waals surface area (Å²) in [7, 11) is 1.78. The van der Waals surface area contributed by atoms with E-state index in [9.17, 15) is 13.2 Å². The lowest BCUT2D eigenvalue weighted by molar-refractivity contribution is -0.137. The number of hydrogen-bond donors (Lipinski definition) is 2. The van der Waals surface area contributed by atoms with Gasteiger partial charge in [0.15, 0.2) is 11.6 Å². The van der Waals surface area contributed by atoms with E-state index in [0.717, 1.165) is 11.8 Å². The third-order valence-electron chi connectivity index (χ3n) is 3.86. The molecule has 0 bridgehead atoms. The number of nitrogen functional groups attached to an aromatic ring is 1. The summed E-state index contributed by atoms with van der Waals surface area (Å²) in [4.78, 5) is 9.97. The first-order valence-electron chi connectivity index (χ1n) is 7.80. The number of nitrogens with two attached hydrogens (primary N) is 1. The van der Waals surface area contributed by atoms with Gasteiger partial charge in [-0.1, -0.05) is 29.8 Å². The number of alkyl halides is 3. The van der Waals surface area contributed by atoms with E-state index in [4.69, 9.17) is 17.3 Å². The molecule has 0 saturated carbocycles. The Hall–Kier alpha value is -3.00. The summed E-state index contributed by atoms with van der Waals surface area (Å²) in [5, 5.41) is 2.42. The molecule has 27 heavy (non-hydrogen) atoms. The third kappa shape index (κ3) is 4.06. The van der Waals surface area contributed by atoms with Crippen LogP contribution in [0.25, 0.3) is 0 Å². The number of benzene rings is 2. The molecule has 0 atom stereocenters. The standard InChI is InChI=1S/C18H15ClF3N5/c1-27(12-5-3-2-4-6-12)17-15(23)16(24-10-25-17)26-11-7-8-14(19)13(9-11)18(20,21)22/h2-10H,23H2,1H3,(H,24,25,26). The Labute approximate surface area is 158 Å². The third-order valence-corrected chi connectivity index (χ3v) is 4.19. The smallest absolute Gasteiger partial charge is 0.393 e.